The van der Waals surface area contributed by atoms with E-state index in [-0.39, 0.29) is 12.6 Å². The molecule has 0 fully saturated rings. The predicted molar refractivity (Wildman–Crippen MR) is 76.1 cm³/mol. The Kier molecular flexibility index (Phi) is 8.73. The van der Waals surface area contributed by atoms with Crippen molar-refractivity contribution in [2.75, 3.05) is 19.8 Å². The van der Waals surface area contributed by atoms with Crippen molar-refractivity contribution in [1.82, 2.24) is 0 Å². The van der Waals surface area contributed by atoms with Crippen molar-refractivity contribution in [1.29, 1.82) is 0 Å². The monoisotopic (exact) mass is 264 g/mol. The van der Waals surface area contributed by atoms with Crippen LogP contribution in [0.1, 0.15) is 38.2 Å². The highest BCUT2D eigenvalue weighted by Gasteiger charge is 2.01. The van der Waals surface area contributed by atoms with Crippen LogP contribution in [0.5, 0.6) is 0 Å². The van der Waals surface area contributed by atoms with Crippen LogP contribution >= 0.6 is 0 Å². The fraction of sp³-hybridized carbons (Fsp3) is 0.562. The minimum atomic E-state index is -0.253. The van der Waals surface area contributed by atoms with Crippen LogP contribution < -0.4 is 0 Å². The number of benzene rings is 1. The van der Waals surface area contributed by atoms with E-state index >= 15 is 0 Å². The Hall–Kier alpha value is -1.35. The van der Waals surface area contributed by atoms with Crippen molar-refractivity contribution in [3.8, 4) is 0 Å². The molecule has 0 aliphatic rings. The molecule has 1 aromatic rings. The molecule has 106 valence electrons. The first-order valence-electron chi connectivity index (χ1n) is 7.10. The molecular formula is C16H24O3. The molecule has 0 aliphatic carbocycles. The second-order valence-electron chi connectivity index (χ2n) is 4.57. The maximum Gasteiger partial charge on any atom is 0.332 e. The Balaban J connectivity index is 1.92. The molecule has 0 aliphatic heterocycles. The predicted octanol–water partition coefficient (Wildman–Crippen LogP) is 3.37. The molecule has 1 rings (SSSR count). The van der Waals surface area contributed by atoms with Gasteiger partial charge in [-0.05, 0) is 31.2 Å². The average Bonchev–Trinajstić information content (AvgIpc) is 2.44. The summed E-state index contributed by atoms with van der Waals surface area (Å²) in [6, 6.07) is 10.4. The van der Waals surface area contributed by atoms with Gasteiger partial charge in [0.15, 0.2) is 0 Å². The van der Waals surface area contributed by atoms with Crippen LogP contribution in [-0.2, 0) is 20.7 Å². The smallest absolute Gasteiger partial charge is 0.332 e. The normalized spacial score (nSPS) is 10.4. The molecule has 0 amide bonds. The largest absolute Gasteiger partial charge is 0.464 e. The summed E-state index contributed by atoms with van der Waals surface area (Å²) in [5.41, 5.74) is 1.35. The van der Waals surface area contributed by atoms with Crippen molar-refractivity contribution in [2.24, 2.45) is 0 Å². The standard InChI is InChI=1S/C16H24O3/c1-2-3-13-19-16(17)14-18-12-8-7-11-15-9-5-4-6-10-15/h4-6,9-10H,2-3,7-8,11-14H2,1H3. The van der Waals surface area contributed by atoms with Gasteiger partial charge < -0.3 is 9.47 Å². The van der Waals surface area contributed by atoms with Gasteiger partial charge in [-0.1, -0.05) is 43.7 Å². The lowest BCUT2D eigenvalue weighted by Gasteiger charge is -2.05. The summed E-state index contributed by atoms with van der Waals surface area (Å²) < 4.78 is 10.3. The molecule has 0 unspecified atom stereocenters. The lowest BCUT2D eigenvalue weighted by molar-refractivity contribution is -0.149. The third kappa shape index (κ3) is 8.38. The van der Waals surface area contributed by atoms with Gasteiger partial charge in [-0.25, -0.2) is 4.79 Å². The minimum Gasteiger partial charge on any atom is -0.464 e. The van der Waals surface area contributed by atoms with E-state index < -0.39 is 0 Å². The topological polar surface area (TPSA) is 35.5 Å². The van der Waals surface area contributed by atoms with Crippen molar-refractivity contribution in [3.05, 3.63) is 35.9 Å². The van der Waals surface area contributed by atoms with E-state index in [4.69, 9.17) is 9.47 Å². The molecule has 3 nitrogen and oxygen atoms in total. The molecule has 1 aromatic carbocycles. The number of aryl methyl sites for hydroxylation is 1. The summed E-state index contributed by atoms with van der Waals surface area (Å²) in [5, 5.41) is 0. The zero-order chi connectivity index (χ0) is 13.8. The van der Waals surface area contributed by atoms with E-state index in [2.05, 4.69) is 31.2 Å². The summed E-state index contributed by atoms with van der Waals surface area (Å²) in [6.45, 7) is 3.27. The van der Waals surface area contributed by atoms with Gasteiger partial charge in [0.2, 0.25) is 0 Å². The van der Waals surface area contributed by atoms with Gasteiger partial charge in [-0.2, -0.15) is 0 Å². The van der Waals surface area contributed by atoms with Crippen LogP contribution in [0.4, 0.5) is 0 Å². The zero-order valence-electron chi connectivity index (χ0n) is 11.8. The SMILES string of the molecule is CCCCOC(=O)COCCCCc1ccccc1. The second kappa shape index (κ2) is 10.6. The number of carbonyl (C=O) groups excluding carboxylic acids is 1. The van der Waals surface area contributed by atoms with Crippen LogP contribution in [-0.4, -0.2) is 25.8 Å². The molecule has 0 saturated carbocycles. The Morgan fingerprint density at radius 2 is 1.84 bits per heavy atom. The quantitative estimate of drug-likeness (QED) is 0.480. The van der Waals surface area contributed by atoms with E-state index in [1.807, 2.05) is 6.07 Å². The Morgan fingerprint density at radius 1 is 1.05 bits per heavy atom. The molecule has 0 heterocycles. The van der Waals surface area contributed by atoms with Gasteiger partial charge in [0, 0.05) is 6.61 Å². The maximum atomic E-state index is 11.2. The number of rotatable bonds is 10. The first-order chi connectivity index (χ1) is 9.33. The Bertz CT molecular complexity index is 335. The Labute approximate surface area is 115 Å². The van der Waals surface area contributed by atoms with E-state index in [1.54, 1.807) is 0 Å². The summed E-state index contributed by atoms with van der Waals surface area (Å²) >= 11 is 0. The molecular weight excluding hydrogens is 240 g/mol. The summed E-state index contributed by atoms with van der Waals surface area (Å²) in [5.74, 6) is -0.253. The van der Waals surface area contributed by atoms with Crippen LogP contribution in [0, 0.1) is 0 Å². The fourth-order valence-electron chi connectivity index (χ4n) is 1.71. The van der Waals surface area contributed by atoms with Gasteiger partial charge in [-0.3, -0.25) is 0 Å². The third-order valence-corrected chi connectivity index (χ3v) is 2.83. The van der Waals surface area contributed by atoms with Gasteiger partial charge in [-0.15, -0.1) is 0 Å². The van der Waals surface area contributed by atoms with Crippen molar-refractivity contribution in [2.45, 2.75) is 39.0 Å². The van der Waals surface area contributed by atoms with Crippen LogP contribution in [0.2, 0.25) is 0 Å². The van der Waals surface area contributed by atoms with Crippen molar-refractivity contribution < 1.29 is 14.3 Å². The van der Waals surface area contributed by atoms with Gasteiger partial charge >= 0.3 is 5.97 Å². The summed E-state index contributed by atoms with van der Waals surface area (Å²) in [4.78, 5) is 11.2. The molecule has 0 N–H and O–H groups in total. The van der Waals surface area contributed by atoms with Gasteiger partial charge in [0.05, 0.1) is 6.61 Å². The van der Waals surface area contributed by atoms with Crippen LogP contribution in [0.3, 0.4) is 0 Å². The number of ether oxygens (including phenoxy) is 2. The molecule has 3 heteroatoms. The van der Waals surface area contributed by atoms with E-state index in [0.29, 0.717) is 13.2 Å². The molecule has 0 spiro atoms. The average molecular weight is 264 g/mol. The van der Waals surface area contributed by atoms with E-state index in [0.717, 1.165) is 32.1 Å². The Morgan fingerprint density at radius 3 is 2.58 bits per heavy atom. The number of hydrogen-bond acceptors (Lipinski definition) is 3. The van der Waals surface area contributed by atoms with E-state index in [9.17, 15) is 4.79 Å². The molecule has 0 aromatic heterocycles. The number of hydrogen-bond donors (Lipinski definition) is 0. The number of esters is 1. The van der Waals surface area contributed by atoms with Gasteiger partial charge in [0.25, 0.3) is 0 Å². The first kappa shape index (κ1) is 15.7. The maximum absolute atomic E-state index is 11.2. The van der Waals surface area contributed by atoms with Crippen molar-refractivity contribution in [3.63, 3.8) is 0 Å². The number of unbranched alkanes of at least 4 members (excludes halogenated alkanes) is 2. The molecule has 0 atom stereocenters. The first-order valence-corrected chi connectivity index (χ1v) is 7.10. The minimum absolute atomic E-state index is 0.0784. The summed E-state index contributed by atoms with van der Waals surface area (Å²) in [6.07, 6.45) is 5.06. The molecule has 0 saturated heterocycles. The third-order valence-electron chi connectivity index (χ3n) is 2.83. The van der Waals surface area contributed by atoms with Crippen molar-refractivity contribution >= 4 is 5.97 Å². The molecule has 0 bridgehead atoms. The second-order valence-corrected chi connectivity index (χ2v) is 4.57. The highest BCUT2D eigenvalue weighted by atomic mass is 16.6. The zero-order valence-corrected chi connectivity index (χ0v) is 11.8. The lowest BCUT2D eigenvalue weighted by atomic mass is 10.1. The van der Waals surface area contributed by atoms with Crippen LogP contribution in [0.15, 0.2) is 30.3 Å². The lowest BCUT2D eigenvalue weighted by Crippen LogP contribution is -2.13. The number of carbonyl (C=O) groups is 1. The van der Waals surface area contributed by atoms with Gasteiger partial charge in [0.1, 0.15) is 6.61 Å². The van der Waals surface area contributed by atoms with Crippen LogP contribution in [0.25, 0.3) is 0 Å². The summed E-state index contributed by atoms with van der Waals surface area (Å²) in [7, 11) is 0. The fourth-order valence-corrected chi connectivity index (χ4v) is 1.71. The molecule has 0 radical (unpaired) electrons. The highest BCUT2D eigenvalue weighted by Crippen LogP contribution is 2.04. The molecule has 19 heavy (non-hydrogen) atoms. The van der Waals surface area contributed by atoms with E-state index in [1.165, 1.54) is 5.56 Å². The highest BCUT2D eigenvalue weighted by molar-refractivity contribution is 5.70.